The topological polar surface area (TPSA) is 76.1 Å². The Morgan fingerprint density at radius 2 is 2.19 bits per heavy atom. The van der Waals surface area contributed by atoms with Crippen molar-refractivity contribution >= 4 is 29.2 Å². The largest absolute Gasteiger partial charge is 0.462 e. The monoisotopic (exact) mass is 310 g/mol. The van der Waals surface area contributed by atoms with E-state index in [0.717, 1.165) is 12.8 Å². The number of rotatable bonds is 6. The number of carbonyl (C=O) groups is 1. The van der Waals surface area contributed by atoms with E-state index in [0.29, 0.717) is 28.9 Å². The van der Waals surface area contributed by atoms with Gasteiger partial charge < -0.3 is 15.4 Å². The van der Waals surface area contributed by atoms with Crippen molar-refractivity contribution in [2.45, 2.75) is 46.6 Å². The second-order valence-corrected chi connectivity index (χ2v) is 5.11. The Morgan fingerprint density at radius 1 is 1.48 bits per heavy atom. The molecule has 116 valence electrons. The van der Waals surface area contributed by atoms with Crippen LogP contribution in [0, 0.1) is 6.92 Å². The normalized spacial score (nSPS) is 11.6. The van der Waals surface area contributed by atoms with Crippen LogP contribution in [0.15, 0.2) is 6.20 Å². The van der Waals surface area contributed by atoms with Gasteiger partial charge >= 0.3 is 5.97 Å². The molecule has 0 unspecified atom stereocenters. The summed E-state index contributed by atoms with van der Waals surface area (Å²) in [4.78, 5) is 20.0. The van der Waals surface area contributed by atoms with Crippen LogP contribution in [0.25, 0.3) is 0 Å². The van der Waals surface area contributed by atoms with E-state index in [9.17, 15) is 4.79 Å². The summed E-state index contributed by atoms with van der Waals surface area (Å²) in [6.07, 6.45) is 3.56. The number of carbonyl (C=O) groups excluding carboxylic acids is 1. The average molecular weight is 310 g/mol. The molecule has 1 rings (SSSR count). The molecule has 7 heteroatoms. The minimum atomic E-state index is -0.418. The van der Waals surface area contributed by atoms with E-state index < -0.39 is 5.97 Å². The highest BCUT2D eigenvalue weighted by molar-refractivity contribution is 7.80. The van der Waals surface area contributed by atoms with Crippen LogP contribution in [-0.2, 0) is 4.74 Å². The minimum Gasteiger partial charge on any atom is -0.462 e. The molecule has 0 radical (unpaired) electrons. The van der Waals surface area contributed by atoms with Crippen molar-refractivity contribution in [3.63, 3.8) is 0 Å². The highest BCUT2D eigenvalue weighted by Crippen LogP contribution is 2.09. The third-order valence-corrected chi connectivity index (χ3v) is 3.02. The summed E-state index contributed by atoms with van der Waals surface area (Å²) < 4.78 is 4.93. The number of aryl methyl sites for hydroxylation is 1. The second kappa shape index (κ2) is 8.51. The van der Waals surface area contributed by atoms with E-state index in [1.807, 2.05) is 0 Å². The maximum Gasteiger partial charge on any atom is 0.341 e. The van der Waals surface area contributed by atoms with Crippen molar-refractivity contribution in [1.82, 2.24) is 15.3 Å². The van der Waals surface area contributed by atoms with Gasteiger partial charge in [-0.1, -0.05) is 13.3 Å². The molecule has 0 saturated heterocycles. The van der Waals surface area contributed by atoms with Crippen LogP contribution < -0.4 is 10.6 Å². The van der Waals surface area contributed by atoms with Gasteiger partial charge in [-0.15, -0.1) is 0 Å². The Balaban J connectivity index is 2.67. The molecule has 1 aromatic heterocycles. The summed E-state index contributed by atoms with van der Waals surface area (Å²) in [5, 5.41) is 6.54. The lowest BCUT2D eigenvalue weighted by Gasteiger charge is -2.15. The molecule has 21 heavy (non-hydrogen) atoms. The second-order valence-electron chi connectivity index (χ2n) is 4.70. The van der Waals surface area contributed by atoms with E-state index in [2.05, 4.69) is 34.4 Å². The molecule has 1 aromatic rings. The third kappa shape index (κ3) is 5.63. The van der Waals surface area contributed by atoms with Crippen LogP contribution in [0.5, 0.6) is 0 Å². The number of nitrogens with one attached hydrogen (secondary N) is 2. The number of hydrogen-bond donors (Lipinski definition) is 2. The summed E-state index contributed by atoms with van der Waals surface area (Å²) in [5.74, 6) is -0.0550. The first-order valence-electron chi connectivity index (χ1n) is 7.06. The lowest BCUT2D eigenvalue weighted by atomic mass is 10.2. The molecule has 0 spiro atoms. The van der Waals surface area contributed by atoms with Crippen molar-refractivity contribution < 1.29 is 9.53 Å². The molecule has 0 aliphatic heterocycles. The number of hydrogen-bond acceptors (Lipinski definition) is 5. The molecule has 6 nitrogen and oxygen atoms in total. The smallest absolute Gasteiger partial charge is 0.341 e. The molecule has 0 aliphatic carbocycles. The maximum absolute atomic E-state index is 11.7. The summed E-state index contributed by atoms with van der Waals surface area (Å²) in [5.41, 5.74) is 0.913. The van der Waals surface area contributed by atoms with Gasteiger partial charge in [0.05, 0.1) is 17.9 Å². The fourth-order valence-electron chi connectivity index (χ4n) is 1.80. The molecule has 0 aromatic carbocycles. The van der Waals surface area contributed by atoms with E-state index in [1.54, 1.807) is 13.8 Å². The average Bonchev–Trinajstić information content (AvgIpc) is 2.38. The van der Waals surface area contributed by atoms with Gasteiger partial charge in [0.15, 0.2) is 5.11 Å². The van der Waals surface area contributed by atoms with Gasteiger partial charge in [0.2, 0.25) is 5.95 Å². The van der Waals surface area contributed by atoms with Crippen molar-refractivity contribution in [2.75, 3.05) is 11.9 Å². The van der Waals surface area contributed by atoms with Gasteiger partial charge in [-0.2, -0.15) is 0 Å². The number of nitrogens with zero attached hydrogens (tertiary/aromatic N) is 2. The van der Waals surface area contributed by atoms with Crippen LogP contribution >= 0.6 is 12.2 Å². The highest BCUT2D eigenvalue weighted by Gasteiger charge is 2.13. The number of anilines is 1. The molecule has 2 N–H and O–H groups in total. The molecule has 1 atom stereocenters. The van der Waals surface area contributed by atoms with E-state index in [1.165, 1.54) is 6.20 Å². The molecular weight excluding hydrogens is 288 g/mol. The van der Waals surface area contributed by atoms with Crippen LogP contribution in [0.1, 0.15) is 49.7 Å². The fourth-order valence-corrected chi connectivity index (χ4v) is 2.10. The van der Waals surface area contributed by atoms with E-state index >= 15 is 0 Å². The zero-order valence-electron chi connectivity index (χ0n) is 12.9. The van der Waals surface area contributed by atoms with Crippen LogP contribution in [0.4, 0.5) is 5.95 Å². The van der Waals surface area contributed by atoms with Crippen molar-refractivity contribution in [3.05, 3.63) is 17.5 Å². The first-order chi connectivity index (χ1) is 9.97. The predicted molar refractivity (Wildman–Crippen MR) is 86.5 cm³/mol. The van der Waals surface area contributed by atoms with Gasteiger partial charge in [0.25, 0.3) is 0 Å². The summed E-state index contributed by atoms with van der Waals surface area (Å²) in [6, 6.07) is 0.287. The van der Waals surface area contributed by atoms with E-state index in [4.69, 9.17) is 17.0 Å². The zero-order chi connectivity index (χ0) is 15.8. The molecule has 1 heterocycles. The molecule has 0 saturated carbocycles. The molecule has 0 amide bonds. The third-order valence-electron chi connectivity index (χ3n) is 2.80. The van der Waals surface area contributed by atoms with Gasteiger partial charge in [0, 0.05) is 12.2 Å². The minimum absolute atomic E-state index is 0.287. The van der Waals surface area contributed by atoms with Gasteiger partial charge in [-0.05, 0) is 39.4 Å². The van der Waals surface area contributed by atoms with Crippen molar-refractivity contribution in [3.8, 4) is 0 Å². The van der Waals surface area contributed by atoms with Gasteiger partial charge in [0.1, 0.15) is 0 Å². The molecular formula is C14H22N4O2S. The summed E-state index contributed by atoms with van der Waals surface area (Å²) in [6.45, 7) is 7.99. The van der Waals surface area contributed by atoms with E-state index in [-0.39, 0.29) is 6.04 Å². The lowest BCUT2D eigenvalue weighted by Crippen LogP contribution is -2.36. The predicted octanol–water partition coefficient (Wildman–Crippen LogP) is 2.44. The van der Waals surface area contributed by atoms with Crippen LogP contribution in [0.3, 0.4) is 0 Å². The SMILES string of the molecule is CCC[C@@H](C)NC(=S)Nc1ncc(C(=O)OCC)c(C)n1. The first kappa shape index (κ1) is 17.3. The Morgan fingerprint density at radius 3 is 2.76 bits per heavy atom. The summed E-state index contributed by atoms with van der Waals surface area (Å²) in [7, 11) is 0. The molecule has 0 aliphatic rings. The number of aromatic nitrogens is 2. The Labute approximate surface area is 130 Å². The van der Waals surface area contributed by atoms with Crippen LogP contribution in [-0.4, -0.2) is 33.7 Å². The fraction of sp³-hybridized carbons (Fsp3) is 0.571. The van der Waals surface area contributed by atoms with Crippen LogP contribution in [0.2, 0.25) is 0 Å². The Hall–Kier alpha value is -1.76. The standard InChI is InChI=1S/C14H22N4O2S/c1-5-7-9(3)16-14(21)18-13-15-8-11(10(4)17-13)12(19)20-6-2/h8-9H,5-7H2,1-4H3,(H2,15,16,17,18,21)/t9-/m1/s1. The highest BCUT2D eigenvalue weighted by atomic mass is 32.1. The Kier molecular flexibility index (Phi) is 7.01. The van der Waals surface area contributed by atoms with Gasteiger partial charge in [-0.3, -0.25) is 0 Å². The first-order valence-corrected chi connectivity index (χ1v) is 7.47. The maximum atomic E-state index is 11.7. The number of ether oxygens (including phenoxy) is 1. The quantitative estimate of drug-likeness (QED) is 0.617. The molecule has 0 fully saturated rings. The van der Waals surface area contributed by atoms with Crippen molar-refractivity contribution in [1.29, 1.82) is 0 Å². The number of thiocarbonyl (C=S) groups is 1. The Bertz CT molecular complexity index is 508. The van der Waals surface area contributed by atoms with Crippen molar-refractivity contribution in [2.24, 2.45) is 0 Å². The summed E-state index contributed by atoms with van der Waals surface area (Å²) >= 11 is 5.20. The molecule has 0 bridgehead atoms. The number of esters is 1. The van der Waals surface area contributed by atoms with Gasteiger partial charge in [-0.25, -0.2) is 14.8 Å². The lowest BCUT2D eigenvalue weighted by molar-refractivity contribution is 0.0524. The zero-order valence-corrected chi connectivity index (χ0v) is 13.7.